The standard InChI is InChI=1S/C14H22N2O3S/c1-10-12(9-15)5-4-6-14(10)20(17,18)16(3)13-7-8-19-11(13)2/h4-6,11,13H,7-9,15H2,1-3H3. The summed E-state index contributed by atoms with van der Waals surface area (Å²) in [6.07, 6.45) is 0.653. The molecule has 5 nitrogen and oxygen atoms in total. The Bertz CT molecular complexity index is 586. The lowest BCUT2D eigenvalue weighted by atomic mass is 10.1. The van der Waals surface area contributed by atoms with E-state index >= 15 is 0 Å². The van der Waals surface area contributed by atoms with Crippen molar-refractivity contribution in [2.45, 2.75) is 43.9 Å². The zero-order chi connectivity index (χ0) is 14.9. The maximum atomic E-state index is 12.8. The zero-order valence-corrected chi connectivity index (χ0v) is 13.0. The fourth-order valence-electron chi connectivity index (χ4n) is 2.69. The molecular formula is C14H22N2O3S. The minimum atomic E-state index is -3.52. The predicted molar refractivity (Wildman–Crippen MR) is 77.8 cm³/mol. The van der Waals surface area contributed by atoms with Gasteiger partial charge in [-0.15, -0.1) is 0 Å². The predicted octanol–water partition coefficient (Wildman–Crippen LogP) is 1.25. The molecular weight excluding hydrogens is 276 g/mol. The van der Waals surface area contributed by atoms with Gasteiger partial charge in [-0.2, -0.15) is 4.31 Å². The molecule has 1 saturated heterocycles. The lowest BCUT2D eigenvalue weighted by Gasteiger charge is -2.27. The maximum absolute atomic E-state index is 12.8. The van der Waals surface area contributed by atoms with Crippen molar-refractivity contribution in [3.05, 3.63) is 29.3 Å². The van der Waals surface area contributed by atoms with E-state index in [0.29, 0.717) is 18.0 Å². The van der Waals surface area contributed by atoms with E-state index in [4.69, 9.17) is 10.5 Å². The highest BCUT2D eigenvalue weighted by atomic mass is 32.2. The van der Waals surface area contributed by atoms with Crippen molar-refractivity contribution in [2.75, 3.05) is 13.7 Å². The highest BCUT2D eigenvalue weighted by Crippen LogP contribution is 2.27. The number of ether oxygens (including phenoxy) is 1. The molecule has 2 rings (SSSR count). The zero-order valence-electron chi connectivity index (χ0n) is 12.2. The van der Waals surface area contributed by atoms with Crippen LogP contribution in [0.15, 0.2) is 23.1 Å². The summed E-state index contributed by atoms with van der Waals surface area (Å²) in [7, 11) is -1.90. The van der Waals surface area contributed by atoms with Gasteiger partial charge in [-0.1, -0.05) is 12.1 Å². The Morgan fingerprint density at radius 3 is 2.70 bits per heavy atom. The number of hydrogen-bond acceptors (Lipinski definition) is 4. The van der Waals surface area contributed by atoms with Crippen molar-refractivity contribution in [3.63, 3.8) is 0 Å². The molecule has 6 heteroatoms. The molecule has 1 aromatic rings. The van der Waals surface area contributed by atoms with E-state index in [1.165, 1.54) is 4.31 Å². The number of sulfonamides is 1. The molecule has 0 saturated carbocycles. The van der Waals surface area contributed by atoms with Crippen molar-refractivity contribution in [1.29, 1.82) is 0 Å². The molecule has 1 aromatic carbocycles. The Morgan fingerprint density at radius 2 is 2.15 bits per heavy atom. The van der Waals surface area contributed by atoms with Crippen molar-refractivity contribution >= 4 is 10.0 Å². The molecule has 112 valence electrons. The first-order chi connectivity index (χ1) is 9.39. The molecule has 2 N–H and O–H groups in total. The average Bonchev–Trinajstić information content (AvgIpc) is 2.84. The third-order valence-electron chi connectivity index (χ3n) is 4.08. The van der Waals surface area contributed by atoms with Crippen LogP contribution in [0, 0.1) is 6.92 Å². The Hall–Kier alpha value is -0.950. The van der Waals surface area contributed by atoms with Gasteiger partial charge >= 0.3 is 0 Å². The highest BCUT2D eigenvalue weighted by Gasteiger charge is 2.35. The van der Waals surface area contributed by atoms with Gasteiger partial charge in [0.2, 0.25) is 10.0 Å². The molecule has 1 aliphatic heterocycles. The summed E-state index contributed by atoms with van der Waals surface area (Å²) in [6.45, 7) is 4.65. The molecule has 0 spiro atoms. The Kier molecular flexibility index (Phi) is 4.49. The summed E-state index contributed by atoms with van der Waals surface area (Å²) in [5.74, 6) is 0. The van der Waals surface area contributed by atoms with Crippen molar-refractivity contribution in [3.8, 4) is 0 Å². The molecule has 1 heterocycles. The van der Waals surface area contributed by atoms with E-state index in [0.717, 1.165) is 17.5 Å². The molecule has 1 aliphatic rings. The first-order valence-electron chi connectivity index (χ1n) is 6.77. The van der Waals surface area contributed by atoms with E-state index < -0.39 is 10.0 Å². The lowest BCUT2D eigenvalue weighted by Crippen LogP contribution is -2.41. The van der Waals surface area contributed by atoms with Gasteiger partial charge in [0.1, 0.15) is 0 Å². The van der Waals surface area contributed by atoms with Crippen LogP contribution in [0.2, 0.25) is 0 Å². The molecule has 0 bridgehead atoms. The van der Waals surface area contributed by atoms with E-state index in [-0.39, 0.29) is 12.1 Å². The number of hydrogen-bond donors (Lipinski definition) is 1. The molecule has 0 aromatic heterocycles. The topological polar surface area (TPSA) is 72.6 Å². The minimum absolute atomic E-state index is 0.0761. The largest absolute Gasteiger partial charge is 0.377 e. The fraction of sp³-hybridized carbons (Fsp3) is 0.571. The van der Waals surface area contributed by atoms with Gasteiger partial charge in [0.25, 0.3) is 0 Å². The Labute approximate surface area is 120 Å². The van der Waals surface area contributed by atoms with E-state index in [2.05, 4.69) is 0 Å². The van der Waals surface area contributed by atoms with Crippen LogP contribution in [0.4, 0.5) is 0 Å². The smallest absolute Gasteiger partial charge is 0.243 e. The average molecular weight is 298 g/mol. The van der Waals surface area contributed by atoms with E-state index in [9.17, 15) is 8.42 Å². The molecule has 0 aliphatic carbocycles. The summed E-state index contributed by atoms with van der Waals surface area (Å²) < 4.78 is 32.5. The first kappa shape index (κ1) is 15.4. The first-order valence-corrected chi connectivity index (χ1v) is 8.21. The second kappa shape index (κ2) is 5.81. The van der Waals surface area contributed by atoms with Crippen LogP contribution in [-0.4, -0.2) is 38.5 Å². The third-order valence-corrected chi connectivity index (χ3v) is 6.10. The van der Waals surface area contributed by atoms with Gasteiger partial charge in [-0.05, 0) is 37.5 Å². The second-order valence-corrected chi connectivity index (χ2v) is 7.16. The lowest BCUT2D eigenvalue weighted by molar-refractivity contribution is 0.102. The number of nitrogens with zero attached hydrogens (tertiary/aromatic N) is 1. The van der Waals surface area contributed by atoms with Crippen molar-refractivity contribution in [2.24, 2.45) is 5.73 Å². The second-order valence-electron chi connectivity index (χ2n) is 5.20. The summed E-state index contributed by atoms with van der Waals surface area (Å²) in [6, 6.07) is 5.13. The quantitative estimate of drug-likeness (QED) is 0.908. The van der Waals surface area contributed by atoms with E-state index in [1.54, 1.807) is 26.1 Å². The minimum Gasteiger partial charge on any atom is -0.377 e. The Balaban J connectivity index is 2.40. The molecule has 1 fully saturated rings. The normalized spacial score (nSPS) is 23.4. The SMILES string of the molecule is Cc1c(CN)cccc1S(=O)(=O)N(C)C1CCOC1C. The van der Waals surface area contributed by atoms with Crippen LogP contribution in [0.3, 0.4) is 0 Å². The molecule has 20 heavy (non-hydrogen) atoms. The third kappa shape index (κ3) is 2.61. The molecule has 0 radical (unpaired) electrons. The van der Waals surface area contributed by atoms with Gasteiger partial charge in [0, 0.05) is 20.2 Å². The van der Waals surface area contributed by atoms with Crippen LogP contribution < -0.4 is 5.73 Å². The summed E-state index contributed by atoms with van der Waals surface area (Å²) in [4.78, 5) is 0.335. The van der Waals surface area contributed by atoms with Gasteiger partial charge in [-0.3, -0.25) is 0 Å². The van der Waals surface area contributed by atoms with Crippen LogP contribution in [0.5, 0.6) is 0 Å². The van der Waals surface area contributed by atoms with E-state index in [1.807, 2.05) is 13.0 Å². The summed E-state index contributed by atoms with van der Waals surface area (Å²) in [5.41, 5.74) is 7.24. The van der Waals surface area contributed by atoms with Gasteiger partial charge in [0.05, 0.1) is 17.0 Å². The molecule has 2 atom stereocenters. The van der Waals surface area contributed by atoms with Gasteiger partial charge in [-0.25, -0.2) is 8.42 Å². The van der Waals surface area contributed by atoms with Gasteiger partial charge in [0.15, 0.2) is 0 Å². The van der Waals surface area contributed by atoms with Crippen molar-refractivity contribution < 1.29 is 13.2 Å². The van der Waals surface area contributed by atoms with Crippen LogP contribution >= 0.6 is 0 Å². The summed E-state index contributed by atoms with van der Waals surface area (Å²) >= 11 is 0. The fourth-order valence-corrected chi connectivity index (χ4v) is 4.40. The van der Waals surface area contributed by atoms with Crippen LogP contribution in [-0.2, 0) is 21.3 Å². The number of benzene rings is 1. The highest BCUT2D eigenvalue weighted by molar-refractivity contribution is 7.89. The number of likely N-dealkylation sites (N-methyl/N-ethyl adjacent to an activating group) is 1. The number of nitrogens with two attached hydrogens (primary N) is 1. The maximum Gasteiger partial charge on any atom is 0.243 e. The van der Waals surface area contributed by atoms with Crippen molar-refractivity contribution in [1.82, 2.24) is 4.31 Å². The monoisotopic (exact) mass is 298 g/mol. The van der Waals surface area contributed by atoms with Crippen LogP contribution in [0.1, 0.15) is 24.5 Å². The molecule has 0 amide bonds. The Morgan fingerprint density at radius 1 is 1.45 bits per heavy atom. The number of rotatable bonds is 4. The van der Waals surface area contributed by atoms with Crippen LogP contribution in [0.25, 0.3) is 0 Å². The summed E-state index contributed by atoms with van der Waals surface area (Å²) in [5, 5.41) is 0. The molecule has 2 unspecified atom stereocenters. The van der Waals surface area contributed by atoms with Gasteiger partial charge < -0.3 is 10.5 Å².